The third-order valence-electron chi connectivity index (χ3n) is 1.53. The van der Waals surface area contributed by atoms with Gasteiger partial charge in [0.15, 0.2) is 5.78 Å². The number of rotatable bonds is 6. The molecule has 5 heteroatoms. The van der Waals surface area contributed by atoms with E-state index in [2.05, 4.69) is 33.0 Å². The van der Waals surface area contributed by atoms with Crippen LogP contribution in [0.2, 0.25) is 0 Å². The van der Waals surface area contributed by atoms with Crippen LogP contribution in [0.1, 0.15) is 33.1 Å². The van der Waals surface area contributed by atoms with Crippen molar-refractivity contribution in [2.45, 2.75) is 33.1 Å². The molecule has 0 aliphatic carbocycles. The van der Waals surface area contributed by atoms with Crippen molar-refractivity contribution in [2.75, 3.05) is 0 Å². The van der Waals surface area contributed by atoms with E-state index in [-0.39, 0.29) is 22.9 Å². The first-order valence-corrected chi connectivity index (χ1v) is 5.39. The maximum atomic E-state index is 11.1. The van der Waals surface area contributed by atoms with Crippen LogP contribution < -0.4 is 0 Å². The summed E-state index contributed by atoms with van der Waals surface area (Å²) in [5, 5.41) is 0. The zero-order valence-corrected chi connectivity index (χ0v) is 12.7. The summed E-state index contributed by atoms with van der Waals surface area (Å²) in [6, 6.07) is 0. The molecule has 0 aliphatic rings. The van der Waals surface area contributed by atoms with Crippen molar-refractivity contribution in [1.29, 1.82) is 0 Å². The van der Waals surface area contributed by atoms with Crippen molar-refractivity contribution in [3.8, 4) is 0 Å². The number of carbonyl (C=O) groups excluding carboxylic acids is 1. The summed E-state index contributed by atoms with van der Waals surface area (Å²) in [6.07, 6.45) is 13.9. The summed E-state index contributed by atoms with van der Waals surface area (Å²) in [7, 11) is 0. The van der Waals surface area contributed by atoms with E-state index in [1.54, 1.807) is 12.2 Å². The van der Waals surface area contributed by atoms with Crippen molar-refractivity contribution < 1.29 is 35.8 Å². The van der Waals surface area contributed by atoms with Crippen molar-refractivity contribution in [2.24, 2.45) is 0 Å². The Balaban J connectivity index is -0.0000000940. The van der Waals surface area contributed by atoms with Crippen LogP contribution in [0.5, 0.6) is 0 Å². The summed E-state index contributed by atoms with van der Waals surface area (Å²) in [5.41, 5.74) is 0. The van der Waals surface area contributed by atoms with Gasteiger partial charge in [-0.3, -0.25) is 4.79 Å². The minimum absolute atomic E-state index is 0. The third kappa shape index (κ3) is 43.8. The fraction of sp³-hybridized carbons (Fsp3) is 0.333. The molecule has 110 valence electrons. The molecule has 0 aliphatic heterocycles. The van der Waals surface area contributed by atoms with Crippen LogP contribution in [0.4, 0.5) is 0 Å². The van der Waals surface area contributed by atoms with Gasteiger partial charge in [-0.15, -0.1) is 0 Å². The van der Waals surface area contributed by atoms with Gasteiger partial charge in [-0.1, -0.05) is 43.7 Å². The van der Waals surface area contributed by atoms with E-state index in [0.717, 1.165) is 12.8 Å². The second-order valence-electron chi connectivity index (χ2n) is 2.82. The smallest absolute Gasteiger partial charge is 0 e. The number of carbonyl (C=O) groups is 1. The van der Waals surface area contributed by atoms with Crippen LogP contribution in [0.25, 0.3) is 0 Å². The maximum absolute atomic E-state index is 11.1. The zero-order valence-electron chi connectivity index (χ0n) is 11.6. The minimum atomic E-state index is 0. The molecule has 0 aromatic carbocycles. The topological polar surface area (TPSA) is 76.8 Å². The molecule has 0 aromatic rings. The molecule has 0 amide bonds. The maximum Gasteiger partial charge on any atom is 0 e. The van der Waals surface area contributed by atoms with Crippen LogP contribution in [-0.4, -0.2) is 5.78 Å². The molecule has 0 fully saturated rings. The molecule has 20 heavy (non-hydrogen) atoms. The standard InChI is InChI=1S/C12H18O.3CO.Fe/c1-3-5-7-9-11-12(13)10-8-6-4-2;3*1-2;/h4,6-10H,3,5,11H2,1-2H3;;;;/b6-4+,9-7+,10-8+;;;;. The van der Waals surface area contributed by atoms with Crippen molar-refractivity contribution in [3.63, 3.8) is 0 Å². The second kappa shape index (κ2) is 43.1. The SMILES string of the molecule is C/C=C/C=C/C(=O)C/C=C/CCC.[C-]#[O+].[C-]#[O+].[C-]#[O+].[Fe]. The van der Waals surface area contributed by atoms with Crippen molar-refractivity contribution in [3.05, 3.63) is 56.4 Å². The van der Waals surface area contributed by atoms with Crippen LogP contribution in [0.15, 0.2) is 36.5 Å². The quantitative estimate of drug-likeness (QED) is 0.185. The first-order valence-electron chi connectivity index (χ1n) is 5.39. The molecule has 0 unspecified atom stereocenters. The first-order chi connectivity index (χ1) is 9.31. The van der Waals surface area contributed by atoms with Crippen LogP contribution in [0, 0.1) is 20.0 Å². The molecule has 0 aromatic heterocycles. The third-order valence-corrected chi connectivity index (χ3v) is 1.53. The molecule has 0 N–H and O–H groups in total. The second-order valence-corrected chi connectivity index (χ2v) is 2.82. The Morgan fingerprint density at radius 3 is 1.90 bits per heavy atom. The van der Waals surface area contributed by atoms with E-state index in [9.17, 15) is 4.79 Å². The normalized spacial score (nSPS) is 8.20. The van der Waals surface area contributed by atoms with Crippen LogP contribution in [-0.2, 0) is 35.8 Å². The monoisotopic (exact) mass is 318 g/mol. The average Bonchev–Trinajstić information content (AvgIpc) is 2.50. The van der Waals surface area contributed by atoms with Gasteiger partial charge in [0.1, 0.15) is 0 Å². The van der Waals surface area contributed by atoms with E-state index in [0.29, 0.717) is 6.42 Å². The van der Waals surface area contributed by atoms with Gasteiger partial charge in [-0.25, -0.2) is 0 Å². The molecule has 0 saturated heterocycles. The van der Waals surface area contributed by atoms with Crippen LogP contribution >= 0.6 is 0 Å². The summed E-state index contributed by atoms with van der Waals surface area (Å²) in [6.45, 7) is 17.5. The Morgan fingerprint density at radius 2 is 1.50 bits per heavy atom. The van der Waals surface area contributed by atoms with Gasteiger partial charge in [0, 0.05) is 23.5 Å². The number of hydrogen-bond acceptors (Lipinski definition) is 1. The Kier molecular flexibility index (Phi) is 67.2. The minimum Gasteiger partial charge on any atom is 0 e. The number of allylic oxidation sites excluding steroid dienone is 6. The molecule has 0 atom stereocenters. The Bertz CT molecular complexity index is 308. The molecule has 0 rings (SSSR count). The molecule has 0 bridgehead atoms. The molecule has 0 spiro atoms. The van der Waals surface area contributed by atoms with Crippen LogP contribution in [0.3, 0.4) is 0 Å². The van der Waals surface area contributed by atoms with E-state index in [4.69, 9.17) is 14.0 Å². The Morgan fingerprint density at radius 1 is 1.00 bits per heavy atom. The predicted molar refractivity (Wildman–Crippen MR) is 69.4 cm³/mol. The first kappa shape index (κ1) is 31.2. The summed E-state index contributed by atoms with van der Waals surface area (Å²) in [4.78, 5) is 11.1. The molecule has 0 radical (unpaired) electrons. The number of ketones is 1. The van der Waals surface area contributed by atoms with Gasteiger partial charge >= 0.3 is 33.9 Å². The van der Waals surface area contributed by atoms with Crippen molar-refractivity contribution >= 4 is 5.78 Å². The van der Waals surface area contributed by atoms with E-state index in [1.807, 2.05) is 25.2 Å². The largest absolute Gasteiger partial charge is 0 e. The van der Waals surface area contributed by atoms with Gasteiger partial charge in [0.25, 0.3) is 0 Å². The van der Waals surface area contributed by atoms with Crippen molar-refractivity contribution in [1.82, 2.24) is 0 Å². The average molecular weight is 318 g/mol. The molecular weight excluding hydrogens is 300 g/mol. The van der Waals surface area contributed by atoms with Gasteiger partial charge in [-0.2, -0.15) is 0 Å². The van der Waals surface area contributed by atoms with E-state index < -0.39 is 0 Å². The van der Waals surface area contributed by atoms with Gasteiger partial charge in [0.05, 0.1) is 0 Å². The van der Waals surface area contributed by atoms with Gasteiger partial charge in [0.2, 0.25) is 0 Å². The number of hydrogen-bond donors (Lipinski definition) is 0. The summed E-state index contributed by atoms with van der Waals surface area (Å²) >= 11 is 0. The fourth-order valence-corrected chi connectivity index (χ4v) is 0.826. The molecule has 0 heterocycles. The molecule has 4 nitrogen and oxygen atoms in total. The number of unbranched alkanes of at least 4 members (excludes halogenated alkanes) is 1. The fourth-order valence-electron chi connectivity index (χ4n) is 0.826. The van der Waals surface area contributed by atoms with Gasteiger partial charge in [-0.05, 0) is 19.4 Å². The Labute approximate surface area is 131 Å². The zero-order chi connectivity index (χ0) is 15.9. The predicted octanol–water partition coefficient (Wildman–Crippen LogP) is 3.32. The molecule has 0 saturated carbocycles. The molecular formula is C15H18FeO4. The summed E-state index contributed by atoms with van der Waals surface area (Å²) < 4.78 is 22.5. The van der Waals surface area contributed by atoms with Gasteiger partial charge < -0.3 is 0 Å². The summed E-state index contributed by atoms with van der Waals surface area (Å²) in [5.74, 6) is 0.158. The Hall–Kier alpha value is -1.37. The van der Waals surface area contributed by atoms with E-state index >= 15 is 0 Å². The van der Waals surface area contributed by atoms with E-state index in [1.165, 1.54) is 0 Å².